The van der Waals surface area contributed by atoms with Crippen molar-refractivity contribution in [3.05, 3.63) is 36.5 Å². The van der Waals surface area contributed by atoms with Gasteiger partial charge in [-0.15, -0.1) is 0 Å². The van der Waals surface area contributed by atoms with E-state index < -0.39 is 0 Å². The normalized spacial score (nSPS) is 22.2. The smallest absolute Gasteiger partial charge is 0.128 e. The maximum Gasteiger partial charge on any atom is 0.128 e. The van der Waals surface area contributed by atoms with Gasteiger partial charge in [-0.1, -0.05) is 12.1 Å². The lowest BCUT2D eigenvalue weighted by Crippen LogP contribution is -2.46. The van der Waals surface area contributed by atoms with Crippen LogP contribution in [0, 0.1) is 0 Å². The molecule has 2 atom stereocenters. The summed E-state index contributed by atoms with van der Waals surface area (Å²) in [5, 5.41) is 4.24. The van der Waals surface area contributed by atoms with Gasteiger partial charge in [0.05, 0.1) is 17.9 Å². The van der Waals surface area contributed by atoms with Gasteiger partial charge in [-0.2, -0.15) is 5.10 Å². The van der Waals surface area contributed by atoms with E-state index in [1.807, 2.05) is 42.2 Å². The Hall–Kier alpha value is -1.85. The standard InChI is InChI=1S/C18H25N3O2/c1-14-12-21(13-15(2)23-14)10-11-22-18-7-5-4-6-16(18)17-8-9-19-20(17)3/h4-9,14-15H,10-13H2,1-3H3/t14-,15+. The van der Waals surface area contributed by atoms with E-state index in [9.17, 15) is 0 Å². The molecule has 3 rings (SSSR count). The summed E-state index contributed by atoms with van der Waals surface area (Å²) in [6.07, 6.45) is 2.39. The number of nitrogens with zero attached hydrogens (tertiary/aromatic N) is 3. The predicted molar refractivity (Wildman–Crippen MR) is 90.6 cm³/mol. The molecule has 1 saturated heterocycles. The molecule has 124 valence electrons. The van der Waals surface area contributed by atoms with Crippen LogP contribution in [0.3, 0.4) is 0 Å². The molecule has 0 N–H and O–H groups in total. The van der Waals surface area contributed by atoms with Crippen LogP contribution in [-0.4, -0.2) is 53.1 Å². The Morgan fingerprint density at radius 3 is 2.61 bits per heavy atom. The summed E-state index contributed by atoms with van der Waals surface area (Å²) in [7, 11) is 1.95. The van der Waals surface area contributed by atoms with Crippen LogP contribution in [-0.2, 0) is 11.8 Å². The molecule has 0 spiro atoms. The van der Waals surface area contributed by atoms with Crippen molar-refractivity contribution in [2.24, 2.45) is 7.05 Å². The van der Waals surface area contributed by atoms with Crippen LogP contribution in [0.4, 0.5) is 0 Å². The molecule has 0 saturated carbocycles. The van der Waals surface area contributed by atoms with Crippen molar-refractivity contribution in [2.75, 3.05) is 26.2 Å². The van der Waals surface area contributed by atoms with E-state index >= 15 is 0 Å². The third kappa shape index (κ3) is 3.92. The van der Waals surface area contributed by atoms with Crippen LogP contribution in [0.25, 0.3) is 11.3 Å². The highest BCUT2D eigenvalue weighted by molar-refractivity contribution is 5.67. The summed E-state index contributed by atoms with van der Waals surface area (Å²) in [6.45, 7) is 7.78. The maximum absolute atomic E-state index is 6.07. The number of aromatic nitrogens is 2. The Bertz CT molecular complexity index is 631. The minimum Gasteiger partial charge on any atom is -0.492 e. The Balaban J connectivity index is 1.62. The number of para-hydroxylation sites is 1. The molecular weight excluding hydrogens is 290 g/mol. The minimum atomic E-state index is 0.292. The van der Waals surface area contributed by atoms with E-state index in [-0.39, 0.29) is 0 Å². The third-order valence-electron chi connectivity index (χ3n) is 4.14. The summed E-state index contributed by atoms with van der Waals surface area (Å²) in [5.41, 5.74) is 2.14. The highest BCUT2D eigenvalue weighted by Gasteiger charge is 2.21. The molecule has 5 nitrogen and oxygen atoms in total. The Morgan fingerprint density at radius 2 is 1.91 bits per heavy atom. The van der Waals surface area contributed by atoms with Crippen molar-refractivity contribution >= 4 is 0 Å². The summed E-state index contributed by atoms with van der Waals surface area (Å²) in [6, 6.07) is 10.1. The van der Waals surface area contributed by atoms with Gasteiger partial charge in [0.2, 0.25) is 0 Å². The highest BCUT2D eigenvalue weighted by Crippen LogP contribution is 2.29. The van der Waals surface area contributed by atoms with E-state index in [1.54, 1.807) is 0 Å². The van der Waals surface area contributed by atoms with Crippen molar-refractivity contribution < 1.29 is 9.47 Å². The zero-order chi connectivity index (χ0) is 16.2. The van der Waals surface area contributed by atoms with Crippen molar-refractivity contribution in [1.82, 2.24) is 14.7 Å². The first-order valence-electron chi connectivity index (χ1n) is 8.21. The van der Waals surface area contributed by atoms with Gasteiger partial charge in [0.15, 0.2) is 0 Å². The van der Waals surface area contributed by atoms with Gasteiger partial charge in [-0.25, -0.2) is 0 Å². The first-order valence-corrected chi connectivity index (χ1v) is 8.21. The van der Waals surface area contributed by atoms with Crippen LogP contribution in [0.1, 0.15) is 13.8 Å². The Morgan fingerprint density at radius 1 is 1.17 bits per heavy atom. The van der Waals surface area contributed by atoms with Crippen molar-refractivity contribution in [2.45, 2.75) is 26.1 Å². The molecule has 2 aromatic rings. The summed E-state index contributed by atoms with van der Waals surface area (Å²) < 4.78 is 13.7. The van der Waals surface area contributed by atoms with E-state index in [0.29, 0.717) is 18.8 Å². The lowest BCUT2D eigenvalue weighted by atomic mass is 10.1. The molecule has 0 bridgehead atoms. The number of aryl methyl sites for hydroxylation is 1. The topological polar surface area (TPSA) is 39.5 Å². The quantitative estimate of drug-likeness (QED) is 0.850. The molecular formula is C18H25N3O2. The van der Waals surface area contributed by atoms with Gasteiger partial charge in [-0.3, -0.25) is 9.58 Å². The van der Waals surface area contributed by atoms with Crippen LogP contribution in [0.15, 0.2) is 36.5 Å². The van der Waals surface area contributed by atoms with E-state index in [1.165, 1.54) is 0 Å². The highest BCUT2D eigenvalue weighted by atomic mass is 16.5. The molecule has 2 heterocycles. The van der Waals surface area contributed by atoms with Crippen LogP contribution in [0.2, 0.25) is 0 Å². The van der Waals surface area contributed by atoms with Crippen molar-refractivity contribution in [1.29, 1.82) is 0 Å². The van der Waals surface area contributed by atoms with Crippen LogP contribution < -0.4 is 4.74 Å². The lowest BCUT2D eigenvalue weighted by Gasteiger charge is -2.35. The van der Waals surface area contributed by atoms with Gasteiger partial charge in [0, 0.05) is 38.4 Å². The SMILES string of the molecule is C[C@@H]1CN(CCOc2ccccc2-c2ccnn2C)C[C@H](C)O1. The molecule has 1 aromatic carbocycles. The molecule has 5 heteroatoms. The van der Waals surface area contributed by atoms with Gasteiger partial charge in [0.1, 0.15) is 12.4 Å². The van der Waals surface area contributed by atoms with Gasteiger partial charge in [0.25, 0.3) is 0 Å². The zero-order valence-corrected chi connectivity index (χ0v) is 14.1. The molecule has 0 radical (unpaired) electrons. The molecule has 23 heavy (non-hydrogen) atoms. The largest absolute Gasteiger partial charge is 0.492 e. The molecule has 0 unspecified atom stereocenters. The van der Waals surface area contributed by atoms with Crippen molar-refractivity contribution in [3.8, 4) is 17.0 Å². The molecule has 0 aliphatic carbocycles. The fourth-order valence-corrected chi connectivity index (χ4v) is 3.19. The van der Waals surface area contributed by atoms with Gasteiger partial charge in [-0.05, 0) is 32.0 Å². The van der Waals surface area contributed by atoms with Crippen molar-refractivity contribution in [3.63, 3.8) is 0 Å². The second kappa shape index (κ2) is 7.15. The van der Waals surface area contributed by atoms with Crippen LogP contribution in [0.5, 0.6) is 5.75 Å². The first kappa shape index (κ1) is 16.0. The summed E-state index contributed by atoms with van der Waals surface area (Å²) >= 11 is 0. The number of hydrogen-bond donors (Lipinski definition) is 0. The second-order valence-electron chi connectivity index (χ2n) is 6.20. The summed E-state index contributed by atoms with van der Waals surface area (Å²) in [5.74, 6) is 0.908. The average molecular weight is 315 g/mol. The van der Waals surface area contributed by atoms with E-state index in [0.717, 1.165) is 36.6 Å². The number of rotatable bonds is 5. The fourth-order valence-electron chi connectivity index (χ4n) is 3.19. The van der Waals surface area contributed by atoms with E-state index in [2.05, 4.69) is 29.9 Å². The lowest BCUT2D eigenvalue weighted by molar-refractivity contribution is -0.0699. The van der Waals surface area contributed by atoms with E-state index in [4.69, 9.17) is 9.47 Å². The summed E-state index contributed by atoms with van der Waals surface area (Å²) in [4.78, 5) is 2.41. The van der Waals surface area contributed by atoms with Gasteiger partial charge < -0.3 is 9.47 Å². The maximum atomic E-state index is 6.07. The number of hydrogen-bond acceptors (Lipinski definition) is 4. The second-order valence-corrected chi connectivity index (χ2v) is 6.20. The van der Waals surface area contributed by atoms with Crippen LogP contribution >= 0.6 is 0 Å². The molecule has 0 amide bonds. The average Bonchev–Trinajstić information content (AvgIpc) is 2.93. The Kier molecular flexibility index (Phi) is 4.98. The first-order chi connectivity index (χ1) is 11.1. The monoisotopic (exact) mass is 315 g/mol. The molecule has 1 aliphatic rings. The van der Waals surface area contributed by atoms with Gasteiger partial charge >= 0.3 is 0 Å². The number of morpholine rings is 1. The number of benzene rings is 1. The fraction of sp³-hybridized carbons (Fsp3) is 0.500. The predicted octanol–water partition coefficient (Wildman–Crippen LogP) is 2.58. The Labute approximate surface area is 137 Å². The minimum absolute atomic E-state index is 0.292. The third-order valence-corrected chi connectivity index (χ3v) is 4.14. The zero-order valence-electron chi connectivity index (χ0n) is 14.1. The molecule has 1 fully saturated rings. The molecule has 1 aliphatic heterocycles. The molecule has 1 aromatic heterocycles. The number of ether oxygens (including phenoxy) is 2.